The Labute approximate surface area is 217 Å². The van der Waals surface area contributed by atoms with Crippen molar-refractivity contribution in [1.29, 1.82) is 0 Å². The number of hydrogen-bond acceptors (Lipinski definition) is 9. The number of esters is 1. The van der Waals surface area contributed by atoms with E-state index in [1.54, 1.807) is 27.9 Å². The third kappa shape index (κ3) is 6.43. The van der Waals surface area contributed by atoms with E-state index in [0.29, 0.717) is 23.7 Å². The van der Waals surface area contributed by atoms with Crippen LogP contribution >= 0.6 is 11.3 Å². The minimum absolute atomic E-state index is 0.122. The first-order valence-electron chi connectivity index (χ1n) is 12.4. The molecule has 0 amide bonds. The molecule has 1 fully saturated rings. The molecule has 36 heavy (non-hydrogen) atoms. The van der Waals surface area contributed by atoms with Crippen LogP contribution in [0.1, 0.15) is 66.5 Å². The number of aromatic nitrogens is 1. The van der Waals surface area contributed by atoms with Gasteiger partial charge in [-0.25, -0.2) is 4.98 Å². The quantitative estimate of drug-likeness (QED) is 0.349. The van der Waals surface area contributed by atoms with Gasteiger partial charge in [-0.1, -0.05) is 51.2 Å². The van der Waals surface area contributed by atoms with E-state index >= 15 is 0 Å². The highest BCUT2D eigenvalue weighted by Gasteiger charge is 2.52. The number of epoxide rings is 1. The van der Waals surface area contributed by atoms with E-state index in [2.05, 4.69) is 4.98 Å². The average molecular weight is 522 g/mol. The van der Waals surface area contributed by atoms with Gasteiger partial charge in [0.15, 0.2) is 0 Å². The summed E-state index contributed by atoms with van der Waals surface area (Å²) >= 11 is 1.37. The molecule has 8 nitrogen and oxygen atoms in total. The molecule has 2 N–H and O–H groups in total. The van der Waals surface area contributed by atoms with E-state index in [1.165, 1.54) is 11.3 Å². The van der Waals surface area contributed by atoms with E-state index in [-0.39, 0.29) is 24.2 Å². The number of thiazole rings is 1. The molecule has 1 aromatic rings. The summed E-state index contributed by atoms with van der Waals surface area (Å²) in [6.07, 6.45) is 3.60. The molecule has 2 unspecified atom stereocenters. The third-order valence-electron chi connectivity index (χ3n) is 7.55. The van der Waals surface area contributed by atoms with Gasteiger partial charge in [-0.15, -0.1) is 0 Å². The maximum Gasteiger partial charge on any atom is 0.309 e. The molecule has 2 aliphatic rings. The van der Waals surface area contributed by atoms with Crippen LogP contribution in [-0.2, 0) is 19.1 Å². The number of fused-ring (bicyclic) bond motifs is 1. The van der Waals surface area contributed by atoms with E-state index in [1.807, 2.05) is 44.4 Å². The monoisotopic (exact) mass is 521 g/mol. The van der Waals surface area contributed by atoms with Gasteiger partial charge in [0.1, 0.15) is 11.9 Å². The van der Waals surface area contributed by atoms with Crippen LogP contribution in [0, 0.1) is 17.3 Å². The first-order chi connectivity index (χ1) is 16.8. The Morgan fingerprint density at radius 3 is 2.58 bits per heavy atom. The second-order valence-electron chi connectivity index (χ2n) is 10.8. The molecule has 0 aromatic carbocycles. The molecule has 0 spiro atoms. The van der Waals surface area contributed by atoms with Crippen LogP contribution in [0.5, 0.6) is 5.19 Å². The van der Waals surface area contributed by atoms with Crippen molar-refractivity contribution >= 4 is 29.2 Å². The fourth-order valence-corrected chi connectivity index (χ4v) is 5.25. The standard InChI is InChI=1S/C27H39NO7S/c1-15-9-8-10-27(6)21(35-27)12-19(16(2)11-18-14-36-25(28-18)33-7)34-22(30)13-20(29)26(4,5)24(32)17(3)23(15)31/h8-9,11,14-15,17,19-21,23,29,31H,10,12-13H2,1-7H3/b9-8+,16-11+/t15-,17+,19-,20-,21?,23-,27?/m0/s1. The first-order valence-corrected chi connectivity index (χ1v) is 13.3. The second-order valence-corrected chi connectivity index (χ2v) is 11.7. The maximum absolute atomic E-state index is 13.2. The van der Waals surface area contributed by atoms with Crippen LogP contribution in [0.3, 0.4) is 0 Å². The number of ketones is 1. The number of carbonyl (C=O) groups is 2. The number of methoxy groups -OCH3 is 1. The fourth-order valence-electron chi connectivity index (χ4n) is 4.66. The van der Waals surface area contributed by atoms with E-state index in [9.17, 15) is 19.8 Å². The Kier molecular flexibility index (Phi) is 8.81. The van der Waals surface area contributed by atoms with Gasteiger partial charge in [0.05, 0.1) is 48.6 Å². The number of Topliss-reactive ketones (excluding diaryl/α,β-unsaturated/α-hetero) is 1. The predicted octanol–water partition coefficient (Wildman–Crippen LogP) is 3.95. The molecule has 1 aromatic heterocycles. The summed E-state index contributed by atoms with van der Waals surface area (Å²) in [5.74, 6) is -1.88. The fraction of sp³-hybridized carbons (Fsp3) is 0.667. The molecule has 0 radical (unpaired) electrons. The topological polar surface area (TPSA) is 118 Å². The highest BCUT2D eigenvalue weighted by molar-refractivity contribution is 7.11. The van der Waals surface area contributed by atoms with Crippen molar-refractivity contribution in [2.75, 3.05) is 7.11 Å². The summed E-state index contributed by atoms with van der Waals surface area (Å²) < 4.78 is 17.0. The van der Waals surface area contributed by atoms with Crippen molar-refractivity contribution < 1.29 is 34.0 Å². The average Bonchev–Trinajstić information content (AvgIpc) is 3.23. The minimum atomic E-state index is -1.26. The van der Waals surface area contributed by atoms with Gasteiger partial charge >= 0.3 is 5.97 Å². The summed E-state index contributed by atoms with van der Waals surface area (Å²) in [6.45, 7) is 10.6. The molecular weight excluding hydrogens is 482 g/mol. The van der Waals surface area contributed by atoms with Crippen molar-refractivity contribution in [2.45, 2.75) is 90.8 Å². The van der Waals surface area contributed by atoms with Gasteiger partial charge in [-0.2, -0.15) is 0 Å². The number of aliphatic hydroxyl groups excluding tert-OH is 2. The molecule has 0 saturated carbocycles. The largest absolute Gasteiger partial charge is 0.473 e. The van der Waals surface area contributed by atoms with E-state index in [4.69, 9.17) is 14.2 Å². The minimum Gasteiger partial charge on any atom is -0.473 e. The van der Waals surface area contributed by atoms with Gasteiger partial charge < -0.3 is 24.4 Å². The van der Waals surface area contributed by atoms with Crippen molar-refractivity contribution in [2.24, 2.45) is 17.3 Å². The number of cyclic esters (lactones) is 1. The van der Waals surface area contributed by atoms with Gasteiger partial charge in [0, 0.05) is 23.6 Å². The van der Waals surface area contributed by atoms with Gasteiger partial charge in [-0.05, 0) is 31.9 Å². The zero-order valence-corrected chi connectivity index (χ0v) is 23.0. The lowest BCUT2D eigenvalue weighted by Gasteiger charge is -2.34. The number of carbonyl (C=O) groups excluding carboxylic acids is 2. The smallest absolute Gasteiger partial charge is 0.309 e. The molecule has 3 rings (SSSR count). The predicted molar refractivity (Wildman–Crippen MR) is 138 cm³/mol. The lowest BCUT2D eigenvalue weighted by atomic mass is 9.73. The van der Waals surface area contributed by atoms with Crippen LogP contribution in [0.15, 0.2) is 23.1 Å². The van der Waals surface area contributed by atoms with Crippen molar-refractivity contribution in [3.8, 4) is 5.19 Å². The molecule has 2 aliphatic heterocycles. The lowest BCUT2D eigenvalue weighted by Crippen LogP contribution is -2.45. The van der Waals surface area contributed by atoms with Gasteiger partial charge in [-0.3, -0.25) is 9.59 Å². The second kappa shape index (κ2) is 11.1. The number of hydrogen-bond donors (Lipinski definition) is 2. The van der Waals surface area contributed by atoms with Crippen molar-refractivity contribution in [3.63, 3.8) is 0 Å². The first kappa shape index (κ1) is 28.5. The maximum atomic E-state index is 13.2. The van der Waals surface area contributed by atoms with Gasteiger partial charge in [0.25, 0.3) is 5.19 Å². The highest BCUT2D eigenvalue weighted by Crippen LogP contribution is 2.44. The summed E-state index contributed by atoms with van der Waals surface area (Å²) in [6, 6.07) is 0. The van der Waals surface area contributed by atoms with Crippen LogP contribution in [-0.4, -0.2) is 64.1 Å². The van der Waals surface area contributed by atoms with Crippen molar-refractivity contribution in [3.05, 3.63) is 28.8 Å². The summed E-state index contributed by atoms with van der Waals surface area (Å²) in [7, 11) is 1.56. The zero-order chi connectivity index (χ0) is 26.8. The zero-order valence-electron chi connectivity index (χ0n) is 22.2. The van der Waals surface area contributed by atoms with E-state index in [0.717, 1.165) is 5.57 Å². The molecule has 3 heterocycles. The number of nitrogens with zero attached hydrogens (tertiary/aromatic N) is 1. The molecule has 0 aliphatic carbocycles. The van der Waals surface area contributed by atoms with Crippen LogP contribution in [0.2, 0.25) is 0 Å². The Balaban J connectivity index is 1.89. The normalized spacial score (nSPS) is 37.1. The molecule has 9 heteroatoms. The number of aliphatic hydroxyl groups is 2. The lowest BCUT2D eigenvalue weighted by molar-refractivity contribution is -0.154. The third-order valence-corrected chi connectivity index (χ3v) is 8.37. The summed E-state index contributed by atoms with van der Waals surface area (Å²) in [5, 5.41) is 24.0. The highest BCUT2D eigenvalue weighted by atomic mass is 32.1. The van der Waals surface area contributed by atoms with Crippen LogP contribution in [0.4, 0.5) is 0 Å². The van der Waals surface area contributed by atoms with Gasteiger partial charge in [0.2, 0.25) is 0 Å². The molecule has 7 atom stereocenters. The Morgan fingerprint density at radius 1 is 1.25 bits per heavy atom. The summed E-state index contributed by atoms with van der Waals surface area (Å²) in [4.78, 5) is 30.5. The molecular formula is C27H39NO7S. The molecule has 1 saturated heterocycles. The van der Waals surface area contributed by atoms with E-state index < -0.39 is 41.2 Å². The summed E-state index contributed by atoms with van der Waals surface area (Å²) in [5.41, 5.74) is -0.153. The van der Waals surface area contributed by atoms with Crippen molar-refractivity contribution in [1.82, 2.24) is 4.98 Å². The molecule has 200 valence electrons. The SMILES string of the molecule is COc1nc(/C=C(\C)[C@@H]2CC3OC3(C)C/C=C/[C@H](C)[C@H](O)[C@@H](C)C(=O)C(C)(C)[C@@H](O)CC(=O)O2)cs1. The number of rotatable bonds is 3. The number of ether oxygens (including phenoxy) is 3. The Bertz CT molecular complexity index is 1020. The Morgan fingerprint density at radius 2 is 1.94 bits per heavy atom. The van der Waals surface area contributed by atoms with Crippen LogP contribution in [0.25, 0.3) is 6.08 Å². The van der Waals surface area contributed by atoms with Crippen LogP contribution < -0.4 is 4.74 Å². The molecule has 0 bridgehead atoms. The Hall–Kier alpha value is -2.07.